The zero-order chi connectivity index (χ0) is 9.00. The summed E-state index contributed by atoms with van der Waals surface area (Å²) in [5.41, 5.74) is 0. The quantitative estimate of drug-likeness (QED) is 0.322. The van der Waals surface area contributed by atoms with Crippen LogP contribution in [0.5, 0.6) is 0 Å². The Hall–Kier alpha value is 3.33. The first-order chi connectivity index (χ1) is 4.00. The average molecular weight is 350 g/mol. The molecule has 0 aromatic heterocycles. The minimum Gasteiger partial charge on any atom is 0 e. The van der Waals surface area contributed by atoms with Crippen molar-refractivity contribution in [3.63, 3.8) is 0 Å². The molecule has 0 aliphatic rings. The first-order valence-electron chi connectivity index (χ1n) is 1.50. The first-order valence-corrected chi connectivity index (χ1v) is 4.51. The van der Waals surface area contributed by atoms with Gasteiger partial charge < -0.3 is 0 Å². The van der Waals surface area contributed by atoms with E-state index in [2.05, 4.69) is 0 Å². The Balaban J connectivity index is -0.0000000178. The van der Waals surface area contributed by atoms with Gasteiger partial charge in [0.05, 0.1) is 0 Å². The van der Waals surface area contributed by atoms with Crippen LogP contribution in [0, 0.1) is 0 Å². The zero-order valence-electron chi connectivity index (χ0n) is 5.15. The summed E-state index contributed by atoms with van der Waals surface area (Å²) in [6.45, 7) is 0. The summed E-state index contributed by atoms with van der Waals surface area (Å²) in [4.78, 5) is 27.9. The van der Waals surface area contributed by atoms with Crippen LogP contribution in [-0.4, -0.2) is 78.7 Å². The van der Waals surface area contributed by atoms with E-state index < -0.39 is 15.8 Å². The first kappa shape index (κ1) is 36.0. The smallest absolute Gasteiger partial charge is 0 e. The van der Waals surface area contributed by atoms with Crippen molar-refractivity contribution in [2.75, 3.05) is 0 Å². The fourth-order valence-corrected chi connectivity index (χ4v) is 0. The SMILES string of the molecule is O=P(O)(O)F.O=P(O)(O)F.[NaH].[NaH].[V].[V]. The molecule has 0 atom stereocenters. The van der Waals surface area contributed by atoms with E-state index in [0.29, 0.717) is 0 Å². The van der Waals surface area contributed by atoms with Crippen LogP contribution in [-0.2, 0) is 46.2 Å². The Labute approximate surface area is 147 Å². The molecule has 14 heteroatoms. The molecule has 0 aliphatic heterocycles. The van der Waals surface area contributed by atoms with Crippen LogP contribution in [0.2, 0.25) is 0 Å². The molecule has 0 rings (SSSR count). The molecule has 0 aromatic rings. The molecular weight excluding hydrogens is 344 g/mol. The van der Waals surface area contributed by atoms with Gasteiger partial charge in [0, 0.05) is 37.1 Å². The molecular formula is H6F2Na2O6P2V2. The van der Waals surface area contributed by atoms with E-state index >= 15 is 0 Å². The van der Waals surface area contributed by atoms with Crippen LogP contribution < -0.4 is 0 Å². The number of hydrogen-bond donors (Lipinski definition) is 4. The van der Waals surface area contributed by atoms with Gasteiger partial charge in [0.15, 0.2) is 0 Å². The number of rotatable bonds is 0. The van der Waals surface area contributed by atoms with Gasteiger partial charge >= 0.3 is 74.9 Å². The van der Waals surface area contributed by atoms with Crippen molar-refractivity contribution in [2.24, 2.45) is 0 Å². The fourth-order valence-electron chi connectivity index (χ4n) is 0. The van der Waals surface area contributed by atoms with Gasteiger partial charge in [0.1, 0.15) is 0 Å². The van der Waals surface area contributed by atoms with Crippen LogP contribution in [0.15, 0.2) is 0 Å². The van der Waals surface area contributed by atoms with E-state index in [4.69, 9.17) is 28.7 Å². The third-order valence-electron chi connectivity index (χ3n) is 0. The fraction of sp³-hybridized carbons (Fsp3) is 0. The Morgan fingerprint density at radius 1 is 0.714 bits per heavy atom. The van der Waals surface area contributed by atoms with Gasteiger partial charge in [-0.15, -0.1) is 8.39 Å². The third-order valence-corrected chi connectivity index (χ3v) is 0. The summed E-state index contributed by atoms with van der Waals surface area (Å²) in [7, 11) is -10.3. The Bertz CT molecular complexity index is 142. The summed E-state index contributed by atoms with van der Waals surface area (Å²) in [5, 5.41) is 0. The van der Waals surface area contributed by atoms with Crippen LogP contribution in [0.4, 0.5) is 8.39 Å². The summed E-state index contributed by atoms with van der Waals surface area (Å²) in [6.07, 6.45) is 0. The molecule has 0 fully saturated rings. The van der Waals surface area contributed by atoms with E-state index in [0.717, 1.165) is 0 Å². The molecule has 0 bridgehead atoms. The second-order valence-corrected chi connectivity index (χ2v) is 2.84. The van der Waals surface area contributed by atoms with Gasteiger partial charge in [0.2, 0.25) is 0 Å². The van der Waals surface area contributed by atoms with E-state index in [1.165, 1.54) is 0 Å². The van der Waals surface area contributed by atoms with Crippen molar-refractivity contribution in [2.45, 2.75) is 0 Å². The van der Waals surface area contributed by atoms with Crippen molar-refractivity contribution in [1.82, 2.24) is 0 Å². The summed E-state index contributed by atoms with van der Waals surface area (Å²) < 4.78 is 38.0. The summed E-state index contributed by atoms with van der Waals surface area (Å²) in [5.74, 6) is 0. The van der Waals surface area contributed by atoms with E-state index in [9.17, 15) is 8.39 Å². The maximum absolute atomic E-state index is 10.4. The van der Waals surface area contributed by atoms with Gasteiger partial charge in [-0.05, 0) is 0 Å². The van der Waals surface area contributed by atoms with Crippen LogP contribution in [0.1, 0.15) is 0 Å². The second kappa shape index (κ2) is 16.3. The van der Waals surface area contributed by atoms with Crippen LogP contribution in [0.3, 0.4) is 0 Å². The van der Waals surface area contributed by atoms with Gasteiger partial charge in [0.25, 0.3) is 0 Å². The number of halogens is 2. The maximum Gasteiger partial charge on any atom is 0 e. The van der Waals surface area contributed by atoms with E-state index in [1.54, 1.807) is 0 Å². The molecule has 0 saturated carbocycles. The molecule has 4 N–H and O–H groups in total. The van der Waals surface area contributed by atoms with Gasteiger partial charge in [-0.2, -0.15) is 0 Å². The third kappa shape index (κ3) is 284. The van der Waals surface area contributed by atoms with Crippen molar-refractivity contribution < 1.29 is 74.2 Å². The van der Waals surface area contributed by atoms with Crippen molar-refractivity contribution in [3.05, 3.63) is 0 Å². The standard InChI is InChI=1S/2FH2O3P.2Na.2V.2H/c2*1-5(2,3)4;;;;;;/h2*(H2,2,3,4);;;;;;. The topological polar surface area (TPSA) is 115 Å². The molecule has 2 radical (unpaired) electrons. The molecule has 0 unspecified atom stereocenters. The van der Waals surface area contributed by atoms with Crippen LogP contribution in [0.25, 0.3) is 0 Å². The van der Waals surface area contributed by atoms with Crippen molar-refractivity contribution in [1.29, 1.82) is 0 Å². The summed E-state index contributed by atoms with van der Waals surface area (Å²) in [6, 6.07) is 0. The van der Waals surface area contributed by atoms with Crippen molar-refractivity contribution >= 4 is 74.9 Å². The van der Waals surface area contributed by atoms with Crippen molar-refractivity contribution in [3.8, 4) is 0 Å². The van der Waals surface area contributed by atoms with E-state index in [-0.39, 0.29) is 96.2 Å². The Morgan fingerprint density at radius 3 is 0.714 bits per heavy atom. The normalized spacial score (nSPS) is 8.43. The van der Waals surface area contributed by atoms with Gasteiger partial charge in [-0.25, -0.2) is 9.13 Å². The molecule has 14 heavy (non-hydrogen) atoms. The molecule has 6 nitrogen and oxygen atoms in total. The maximum atomic E-state index is 10.4. The molecule has 0 amide bonds. The molecule has 0 saturated heterocycles. The minimum atomic E-state index is -5.14. The minimum absolute atomic E-state index is 0. The number of hydrogen-bond acceptors (Lipinski definition) is 2. The molecule has 0 spiro atoms. The van der Waals surface area contributed by atoms with Crippen LogP contribution >= 0.6 is 15.8 Å². The molecule has 0 heterocycles. The predicted octanol–water partition coefficient (Wildman–Crippen LogP) is -1.20. The predicted molar refractivity (Wildman–Crippen MR) is 40.6 cm³/mol. The average Bonchev–Trinajstić information content (AvgIpc) is 1.12. The second-order valence-electron chi connectivity index (χ2n) is 0.946. The monoisotopic (exact) mass is 350 g/mol. The largest absolute Gasteiger partial charge is 0 e. The molecule has 0 aromatic carbocycles. The Morgan fingerprint density at radius 2 is 0.714 bits per heavy atom. The summed E-state index contributed by atoms with van der Waals surface area (Å²) >= 11 is 0. The molecule has 0 aliphatic carbocycles. The van der Waals surface area contributed by atoms with Gasteiger partial charge in [-0.3, -0.25) is 19.6 Å². The van der Waals surface area contributed by atoms with Gasteiger partial charge in [-0.1, -0.05) is 0 Å². The Kier molecular flexibility index (Phi) is 42.0. The van der Waals surface area contributed by atoms with E-state index in [1.807, 2.05) is 0 Å². The molecule has 78 valence electrons. The zero-order valence-corrected chi connectivity index (χ0v) is 9.73.